The molecule has 0 aliphatic carbocycles. The molecule has 1 unspecified atom stereocenters. The Labute approximate surface area is 143 Å². The summed E-state index contributed by atoms with van der Waals surface area (Å²) in [6.07, 6.45) is 2.31. The molecule has 23 heavy (non-hydrogen) atoms. The van der Waals surface area contributed by atoms with Gasteiger partial charge in [-0.2, -0.15) is 0 Å². The zero-order chi connectivity index (χ0) is 16.3. The van der Waals surface area contributed by atoms with Gasteiger partial charge in [0.25, 0.3) is 0 Å². The zero-order valence-corrected chi connectivity index (χ0v) is 16.5. The van der Waals surface area contributed by atoms with Crippen molar-refractivity contribution in [2.45, 2.75) is 44.6 Å². The van der Waals surface area contributed by atoms with Gasteiger partial charge in [0, 0.05) is 6.42 Å². The lowest BCUT2D eigenvalue weighted by molar-refractivity contribution is 0.947. The summed E-state index contributed by atoms with van der Waals surface area (Å²) in [7, 11) is -2.71. The molecule has 2 aromatic carbocycles. The summed E-state index contributed by atoms with van der Waals surface area (Å²) in [6.45, 7) is 6.97. The largest absolute Gasteiger partial charge is 0.132 e. The number of hydrogen-bond acceptors (Lipinski definition) is 0. The second-order valence-electron chi connectivity index (χ2n) is 7.69. The summed E-state index contributed by atoms with van der Waals surface area (Å²) in [5, 5.41) is 3.28. The zero-order valence-electron chi connectivity index (χ0n) is 14.5. The molecule has 1 heterocycles. The number of fused-ring (bicyclic) bond motifs is 1. The van der Waals surface area contributed by atoms with E-state index in [2.05, 4.69) is 85.7 Å². The van der Waals surface area contributed by atoms with Crippen LogP contribution in [-0.4, -0.2) is 16.1 Å². The van der Waals surface area contributed by atoms with Gasteiger partial charge in [-0.25, -0.2) is 0 Å². The van der Waals surface area contributed by atoms with Gasteiger partial charge in [0.05, 0.1) is 0 Å². The van der Waals surface area contributed by atoms with Crippen molar-refractivity contribution in [2.24, 2.45) is 0 Å². The number of hydrogen-bond donors (Lipinski definition) is 0. The Bertz CT molecular complexity index is 732. The maximum Gasteiger partial charge on any atom is 0.129 e. The smallest absolute Gasteiger partial charge is 0.129 e. The quantitative estimate of drug-likeness (QED) is 0.450. The molecule has 0 fully saturated rings. The summed E-state index contributed by atoms with van der Waals surface area (Å²) < 4.78 is 0. The van der Waals surface area contributed by atoms with E-state index < -0.39 is 16.1 Å². The van der Waals surface area contributed by atoms with Gasteiger partial charge in [-0.3, -0.25) is 0 Å². The normalized spacial score (nSPS) is 19.3. The van der Waals surface area contributed by atoms with Gasteiger partial charge in [-0.1, -0.05) is 90.2 Å². The van der Waals surface area contributed by atoms with Crippen LogP contribution in [0.5, 0.6) is 0 Å². The minimum absolute atomic E-state index is 1.06. The van der Waals surface area contributed by atoms with E-state index in [1.807, 2.05) is 0 Å². The fourth-order valence-corrected chi connectivity index (χ4v) is 9.21. The molecule has 0 radical (unpaired) electrons. The molecule has 0 saturated carbocycles. The molecule has 0 saturated heterocycles. The topological polar surface area (TPSA) is 0 Å². The molecular formula is C21H26Si2. The van der Waals surface area contributed by atoms with Gasteiger partial charge in [0.1, 0.15) is 16.1 Å². The van der Waals surface area contributed by atoms with E-state index in [9.17, 15) is 0 Å². The molecule has 3 rings (SSSR count). The van der Waals surface area contributed by atoms with Crippen molar-refractivity contribution in [3.8, 4) is 11.5 Å². The Morgan fingerprint density at radius 1 is 0.957 bits per heavy atom. The average Bonchev–Trinajstić information content (AvgIpc) is 2.51. The molecule has 1 atom stereocenters. The fraction of sp³-hybridized carbons (Fsp3) is 0.333. The monoisotopic (exact) mass is 334 g/mol. The number of rotatable bonds is 4. The first-order chi connectivity index (χ1) is 11.0. The van der Waals surface area contributed by atoms with E-state index in [0.29, 0.717) is 0 Å². The summed E-state index contributed by atoms with van der Waals surface area (Å²) in [5.41, 5.74) is 5.09. The van der Waals surface area contributed by atoms with Crippen molar-refractivity contribution >= 4 is 26.5 Å². The first-order valence-electron chi connectivity index (χ1n) is 8.65. The van der Waals surface area contributed by atoms with Crippen molar-refractivity contribution in [1.82, 2.24) is 0 Å². The molecule has 1 aliphatic rings. The molecule has 2 heteroatoms. The van der Waals surface area contributed by atoms with E-state index in [1.54, 1.807) is 15.9 Å². The Morgan fingerprint density at radius 3 is 2.35 bits per heavy atom. The fourth-order valence-electron chi connectivity index (χ4n) is 3.64. The standard InChI is InChI=1S/C21H26Si2/c1-22(2,3)16-10-5-11-17-23(20-13-6-4-7-14-20)18-19-12-8-9-15-21(19)23/h4,6-9,12-15H,5,11,17-18H2,1-3H3. The van der Waals surface area contributed by atoms with Gasteiger partial charge >= 0.3 is 0 Å². The Kier molecular flexibility index (Phi) is 4.61. The first kappa shape index (κ1) is 16.3. The van der Waals surface area contributed by atoms with Crippen LogP contribution in [0.15, 0.2) is 54.6 Å². The van der Waals surface area contributed by atoms with Crippen molar-refractivity contribution < 1.29 is 0 Å². The molecule has 0 spiro atoms. The van der Waals surface area contributed by atoms with Crippen LogP contribution in [0.2, 0.25) is 25.7 Å². The minimum Gasteiger partial charge on any atom is -0.132 e. The summed E-state index contributed by atoms with van der Waals surface area (Å²) >= 11 is 0. The van der Waals surface area contributed by atoms with E-state index in [0.717, 1.165) is 6.42 Å². The van der Waals surface area contributed by atoms with Crippen molar-refractivity contribution in [3.63, 3.8) is 0 Å². The Morgan fingerprint density at radius 2 is 1.65 bits per heavy atom. The van der Waals surface area contributed by atoms with Crippen LogP contribution in [0.3, 0.4) is 0 Å². The average molecular weight is 335 g/mol. The van der Waals surface area contributed by atoms with Crippen molar-refractivity contribution in [2.75, 3.05) is 0 Å². The molecular weight excluding hydrogens is 308 g/mol. The van der Waals surface area contributed by atoms with Crippen LogP contribution in [0.1, 0.15) is 18.4 Å². The third-order valence-corrected chi connectivity index (χ3v) is 10.8. The van der Waals surface area contributed by atoms with E-state index in [1.165, 1.54) is 18.5 Å². The van der Waals surface area contributed by atoms with E-state index in [4.69, 9.17) is 0 Å². The maximum atomic E-state index is 3.51. The second-order valence-corrected chi connectivity index (χ2v) is 16.6. The number of benzene rings is 2. The van der Waals surface area contributed by atoms with Crippen LogP contribution in [-0.2, 0) is 6.04 Å². The highest BCUT2D eigenvalue weighted by atomic mass is 28.3. The van der Waals surface area contributed by atoms with Crippen LogP contribution < -0.4 is 10.4 Å². The Hall–Kier alpha value is -1.57. The lowest BCUT2D eigenvalue weighted by atomic mass is 10.2. The minimum atomic E-state index is -1.49. The highest BCUT2D eigenvalue weighted by molar-refractivity contribution is 7.05. The summed E-state index contributed by atoms with van der Waals surface area (Å²) in [4.78, 5) is 0. The SMILES string of the molecule is C[Si](C)(C)C#CCCC[Si]1(c2ccccc2)Cc2ccccc21. The van der Waals surface area contributed by atoms with Gasteiger partial charge in [0.2, 0.25) is 0 Å². The lowest BCUT2D eigenvalue weighted by Crippen LogP contribution is -2.68. The van der Waals surface area contributed by atoms with Gasteiger partial charge < -0.3 is 0 Å². The second kappa shape index (κ2) is 6.51. The maximum absolute atomic E-state index is 3.51. The summed E-state index contributed by atoms with van der Waals surface area (Å²) in [5.74, 6) is 3.46. The van der Waals surface area contributed by atoms with Gasteiger partial charge in [0.15, 0.2) is 0 Å². The van der Waals surface area contributed by atoms with Crippen LogP contribution in [0.25, 0.3) is 0 Å². The first-order valence-corrected chi connectivity index (χ1v) is 14.6. The molecule has 0 nitrogen and oxygen atoms in total. The highest BCUT2D eigenvalue weighted by Gasteiger charge is 2.45. The van der Waals surface area contributed by atoms with E-state index >= 15 is 0 Å². The van der Waals surface area contributed by atoms with Crippen molar-refractivity contribution in [3.05, 3.63) is 60.2 Å². The molecule has 0 N–H and O–H groups in total. The van der Waals surface area contributed by atoms with Gasteiger partial charge in [-0.05, 0) is 18.5 Å². The van der Waals surface area contributed by atoms with Crippen LogP contribution >= 0.6 is 0 Å². The van der Waals surface area contributed by atoms with Crippen molar-refractivity contribution in [1.29, 1.82) is 0 Å². The van der Waals surface area contributed by atoms with Crippen LogP contribution in [0.4, 0.5) is 0 Å². The van der Waals surface area contributed by atoms with E-state index in [-0.39, 0.29) is 0 Å². The van der Waals surface area contributed by atoms with Crippen LogP contribution in [0, 0.1) is 11.5 Å². The molecule has 2 aromatic rings. The molecule has 1 aliphatic heterocycles. The van der Waals surface area contributed by atoms with Gasteiger partial charge in [-0.15, -0.1) is 11.5 Å². The molecule has 0 bridgehead atoms. The molecule has 0 aromatic heterocycles. The Balaban J connectivity index is 1.78. The predicted molar refractivity (Wildman–Crippen MR) is 107 cm³/mol. The number of unbranched alkanes of at least 4 members (excludes halogenated alkanes) is 1. The molecule has 118 valence electrons. The molecule has 0 amide bonds. The third kappa shape index (κ3) is 3.52. The predicted octanol–water partition coefficient (Wildman–Crippen LogP) is 4.01. The highest BCUT2D eigenvalue weighted by Crippen LogP contribution is 2.28. The third-order valence-electron chi connectivity index (χ3n) is 4.72. The summed E-state index contributed by atoms with van der Waals surface area (Å²) in [6, 6.07) is 23.0. The lowest BCUT2D eigenvalue weighted by Gasteiger charge is -2.43.